The molecule has 1 aromatic carbocycles. The van der Waals surface area contributed by atoms with Gasteiger partial charge in [-0.25, -0.2) is 4.39 Å². The molecule has 9 heteroatoms. The van der Waals surface area contributed by atoms with E-state index in [1.807, 2.05) is 18.7 Å². The molecule has 2 aliphatic heterocycles. The number of carbonyl (C=O) groups excluding carboxylic acids is 2. The molecule has 160 valence electrons. The Hall–Kier alpha value is -3.07. The summed E-state index contributed by atoms with van der Waals surface area (Å²) in [5.41, 5.74) is 9.06. The van der Waals surface area contributed by atoms with Crippen LogP contribution in [0, 0.1) is 31.5 Å². The monoisotopic (exact) mass is 439 g/mol. The van der Waals surface area contributed by atoms with Crippen LogP contribution in [0.1, 0.15) is 31.3 Å². The number of aromatic nitrogens is 2. The molecule has 5 rings (SSSR count). The number of nitrogens with zero attached hydrogens (tertiary/aromatic N) is 4. The van der Waals surface area contributed by atoms with E-state index < -0.39 is 0 Å². The zero-order valence-electron chi connectivity index (χ0n) is 17.3. The molecule has 2 amide bonds. The first-order chi connectivity index (χ1) is 14.8. The Labute approximate surface area is 182 Å². The predicted octanol–water partition coefficient (Wildman–Crippen LogP) is 2.87. The normalized spacial score (nSPS) is 20.5. The maximum Gasteiger partial charge on any atom is 0.266 e. The van der Waals surface area contributed by atoms with Crippen LogP contribution in [0.15, 0.2) is 24.3 Å². The zero-order valence-corrected chi connectivity index (χ0v) is 18.1. The number of anilines is 1. The fourth-order valence-corrected chi connectivity index (χ4v) is 5.71. The van der Waals surface area contributed by atoms with Gasteiger partial charge in [0.1, 0.15) is 15.5 Å². The van der Waals surface area contributed by atoms with Crippen LogP contribution in [0.2, 0.25) is 0 Å². The number of nitrogen functional groups attached to an aromatic ring is 1. The van der Waals surface area contributed by atoms with Gasteiger partial charge < -0.3 is 15.5 Å². The molecule has 2 saturated heterocycles. The lowest BCUT2D eigenvalue weighted by Crippen LogP contribution is -2.35. The maximum atomic E-state index is 13.2. The van der Waals surface area contributed by atoms with Crippen molar-refractivity contribution in [3.63, 3.8) is 0 Å². The standard InChI is InChI=1S/C22H22FN5O2S/c1-11-12(2)25-26-20-17(11)18(24)19(31-20)22(30)28-9-14-7-27(8-15(14)10-28)21(29)13-3-5-16(23)6-4-13/h3-6,14-15H,7-10,24H2,1-2H3. The van der Waals surface area contributed by atoms with E-state index in [0.29, 0.717) is 47.1 Å². The third-order valence-corrected chi connectivity index (χ3v) is 7.56. The number of hydrogen-bond donors (Lipinski definition) is 1. The summed E-state index contributed by atoms with van der Waals surface area (Å²) in [5.74, 6) is -0.0740. The minimum atomic E-state index is -0.360. The molecule has 2 N–H and O–H groups in total. The van der Waals surface area contributed by atoms with E-state index in [2.05, 4.69) is 10.2 Å². The topological polar surface area (TPSA) is 92.4 Å². The van der Waals surface area contributed by atoms with Crippen LogP contribution in [0.4, 0.5) is 10.1 Å². The second-order valence-corrected chi connectivity index (χ2v) is 9.38. The smallest absolute Gasteiger partial charge is 0.266 e. The molecular formula is C22H22FN5O2S. The largest absolute Gasteiger partial charge is 0.397 e. The first-order valence-corrected chi connectivity index (χ1v) is 11.0. The minimum absolute atomic E-state index is 0.0802. The molecule has 0 spiro atoms. The highest BCUT2D eigenvalue weighted by Gasteiger charge is 2.43. The summed E-state index contributed by atoms with van der Waals surface area (Å²) in [6, 6.07) is 5.62. The number of rotatable bonds is 2. The van der Waals surface area contributed by atoms with Gasteiger partial charge in [0.2, 0.25) is 0 Å². The van der Waals surface area contributed by atoms with E-state index in [-0.39, 0.29) is 29.5 Å². The summed E-state index contributed by atoms with van der Waals surface area (Å²) in [6.07, 6.45) is 0. The first-order valence-electron chi connectivity index (χ1n) is 10.2. The third kappa shape index (κ3) is 3.23. The maximum absolute atomic E-state index is 13.2. The van der Waals surface area contributed by atoms with Gasteiger partial charge >= 0.3 is 0 Å². The highest BCUT2D eigenvalue weighted by atomic mass is 32.1. The van der Waals surface area contributed by atoms with Crippen molar-refractivity contribution >= 4 is 39.1 Å². The number of aryl methyl sites for hydroxylation is 2. The third-order valence-electron chi connectivity index (χ3n) is 6.48. The van der Waals surface area contributed by atoms with Crippen molar-refractivity contribution in [2.24, 2.45) is 11.8 Å². The van der Waals surface area contributed by atoms with Crippen LogP contribution in [0.25, 0.3) is 10.2 Å². The SMILES string of the molecule is Cc1nnc2sc(C(=O)N3CC4CN(C(=O)c5ccc(F)cc5)CC4C3)c(N)c2c1C. The molecule has 0 saturated carbocycles. The van der Waals surface area contributed by atoms with Gasteiger partial charge in [0.25, 0.3) is 11.8 Å². The predicted molar refractivity (Wildman–Crippen MR) is 116 cm³/mol. The molecule has 0 bridgehead atoms. The van der Waals surface area contributed by atoms with Crippen molar-refractivity contribution in [1.82, 2.24) is 20.0 Å². The highest BCUT2D eigenvalue weighted by Crippen LogP contribution is 2.38. The molecule has 4 heterocycles. The van der Waals surface area contributed by atoms with Crippen LogP contribution >= 0.6 is 11.3 Å². The van der Waals surface area contributed by atoms with Crippen molar-refractivity contribution in [3.8, 4) is 0 Å². The lowest BCUT2D eigenvalue weighted by molar-refractivity contribution is 0.0741. The number of likely N-dealkylation sites (tertiary alicyclic amines) is 2. The molecule has 2 atom stereocenters. The summed E-state index contributed by atoms with van der Waals surface area (Å²) in [4.78, 5) is 30.8. The number of benzene rings is 1. The van der Waals surface area contributed by atoms with Gasteiger partial charge in [-0.3, -0.25) is 9.59 Å². The number of amides is 2. The van der Waals surface area contributed by atoms with Crippen molar-refractivity contribution in [2.75, 3.05) is 31.9 Å². The fourth-order valence-electron chi connectivity index (χ4n) is 4.64. The van der Waals surface area contributed by atoms with Crippen LogP contribution in [0.3, 0.4) is 0 Å². The molecule has 2 aromatic heterocycles. The highest BCUT2D eigenvalue weighted by molar-refractivity contribution is 7.21. The molecule has 2 fully saturated rings. The Morgan fingerprint density at radius 2 is 1.58 bits per heavy atom. The summed E-state index contributed by atoms with van der Waals surface area (Å²) < 4.78 is 13.1. The number of hydrogen-bond acceptors (Lipinski definition) is 6. The van der Waals surface area contributed by atoms with Gasteiger partial charge in [0, 0.05) is 49.0 Å². The second kappa shape index (κ2) is 7.26. The van der Waals surface area contributed by atoms with Gasteiger partial charge in [-0.2, -0.15) is 5.10 Å². The molecular weight excluding hydrogens is 417 g/mol. The summed E-state index contributed by atoms with van der Waals surface area (Å²) in [6.45, 7) is 6.19. The van der Waals surface area contributed by atoms with Crippen LogP contribution in [-0.2, 0) is 0 Å². The van der Waals surface area contributed by atoms with E-state index in [9.17, 15) is 14.0 Å². The van der Waals surface area contributed by atoms with Crippen molar-refractivity contribution < 1.29 is 14.0 Å². The van der Waals surface area contributed by atoms with E-state index in [1.165, 1.54) is 35.6 Å². The van der Waals surface area contributed by atoms with Gasteiger partial charge in [0.05, 0.1) is 11.4 Å². The Bertz CT molecular complexity index is 1190. The average Bonchev–Trinajstić information content (AvgIpc) is 3.42. The van der Waals surface area contributed by atoms with Gasteiger partial charge in [-0.15, -0.1) is 16.4 Å². The van der Waals surface area contributed by atoms with E-state index in [0.717, 1.165) is 16.6 Å². The van der Waals surface area contributed by atoms with Crippen molar-refractivity contribution in [1.29, 1.82) is 0 Å². The summed E-state index contributed by atoms with van der Waals surface area (Å²) >= 11 is 1.29. The van der Waals surface area contributed by atoms with E-state index in [1.54, 1.807) is 4.90 Å². The van der Waals surface area contributed by atoms with E-state index >= 15 is 0 Å². The van der Waals surface area contributed by atoms with Crippen LogP contribution in [-0.4, -0.2) is 58.0 Å². The van der Waals surface area contributed by atoms with Crippen molar-refractivity contribution in [3.05, 3.63) is 51.8 Å². The molecule has 2 aliphatic rings. The summed E-state index contributed by atoms with van der Waals surface area (Å²) in [5, 5.41) is 9.16. The first kappa shape index (κ1) is 19.9. The Balaban J connectivity index is 1.30. The molecule has 0 radical (unpaired) electrons. The van der Waals surface area contributed by atoms with Gasteiger partial charge in [-0.1, -0.05) is 0 Å². The minimum Gasteiger partial charge on any atom is -0.397 e. The van der Waals surface area contributed by atoms with Crippen LogP contribution < -0.4 is 5.73 Å². The van der Waals surface area contributed by atoms with Crippen molar-refractivity contribution in [2.45, 2.75) is 13.8 Å². The number of thiophene rings is 1. The fraction of sp³-hybridized carbons (Fsp3) is 0.364. The Morgan fingerprint density at radius 3 is 2.19 bits per heavy atom. The number of carbonyl (C=O) groups is 2. The molecule has 3 aromatic rings. The van der Waals surface area contributed by atoms with E-state index in [4.69, 9.17) is 5.73 Å². The lowest BCUT2D eigenvalue weighted by atomic mass is 10.0. The van der Waals surface area contributed by atoms with Gasteiger partial charge in [0.15, 0.2) is 0 Å². The van der Waals surface area contributed by atoms with Crippen LogP contribution in [0.5, 0.6) is 0 Å². The van der Waals surface area contributed by atoms with Gasteiger partial charge in [-0.05, 0) is 43.7 Å². The number of halogens is 1. The Morgan fingerprint density at radius 1 is 1.00 bits per heavy atom. The molecule has 31 heavy (non-hydrogen) atoms. The Kier molecular flexibility index (Phi) is 4.65. The summed E-state index contributed by atoms with van der Waals surface area (Å²) in [7, 11) is 0. The quantitative estimate of drug-likeness (QED) is 0.663. The molecule has 0 aliphatic carbocycles. The molecule has 2 unspecified atom stereocenters. The average molecular weight is 440 g/mol. The number of fused-ring (bicyclic) bond motifs is 2. The lowest BCUT2D eigenvalue weighted by Gasteiger charge is -2.22. The number of nitrogens with two attached hydrogens (primary N) is 1. The molecule has 7 nitrogen and oxygen atoms in total. The zero-order chi connectivity index (χ0) is 21.9. The second-order valence-electron chi connectivity index (χ2n) is 8.38.